The molecule has 0 radical (unpaired) electrons. The van der Waals surface area contributed by atoms with Crippen LogP contribution in [0.15, 0.2) is 36.5 Å². The SMILES string of the molecule is CCn1ncc(Cl)c1C(Cc1ccccc1)NN. The summed E-state index contributed by atoms with van der Waals surface area (Å²) < 4.78 is 1.87. The van der Waals surface area contributed by atoms with Gasteiger partial charge in [0.25, 0.3) is 0 Å². The van der Waals surface area contributed by atoms with Crippen molar-refractivity contribution in [2.75, 3.05) is 0 Å². The summed E-state index contributed by atoms with van der Waals surface area (Å²) in [6, 6.07) is 10.1. The molecular formula is C13H17ClN4. The van der Waals surface area contributed by atoms with E-state index in [4.69, 9.17) is 17.4 Å². The normalized spacial score (nSPS) is 12.6. The molecule has 0 amide bonds. The predicted octanol–water partition coefficient (Wildman–Crippen LogP) is 2.30. The summed E-state index contributed by atoms with van der Waals surface area (Å²) in [6.07, 6.45) is 2.44. The zero-order chi connectivity index (χ0) is 13.0. The zero-order valence-electron chi connectivity index (χ0n) is 10.3. The van der Waals surface area contributed by atoms with Crippen LogP contribution in [0.25, 0.3) is 0 Å². The number of aromatic nitrogens is 2. The summed E-state index contributed by atoms with van der Waals surface area (Å²) in [5, 5.41) is 4.88. The lowest BCUT2D eigenvalue weighted by Crippen LogP contribution is -2.31. The van der Waals surface area contributed by atoms with Crippen molar-refractivity contribution in [2.45, 2.75) is 25.9 Å². The zero-order valence-corrected chi connectivity index (χ0v) is 11.1. The molecule has 0 aliphatic rings. The van der Waals surface area contributed by atoms with Gasteiger partial charge in [0, 0.05) is 6.54 Å². The molecule has 1 aromatic heterocycles. The number of rotatable bonds is 5. The Hall–Kier alpha value is -1.36. The van der Waals surface area contributed by atoms with Crippen LogP contribution in [0.5, 0.6) is 0 Å². The highest BCUT2D eigenvalue weighted by Gasteiger charge is 2.19. The van der Waals surface area contributed by atoms with Gasteiger partial charge in [0.05, 0.1) is 23.0 Å². The minimum atomic E-state index is -0.0395. The topological polar surface area (TPSA) is 55.9 Å². The molecule has 1 aromatic carbocycles. The Bertz CT molecular complexity index is 495. The lowest BCUT2D eigenvalue weighted by atomic mass is 10.0. The molecule has 1 atom stereocenters. The van der Waals surface area contributed by atoms with Crippen LogP contribution in [0.4, 0.5) is 0 Å². The van der Waals surface area contributed by atoms with Crippen molar-refractivity contribution in [1.82, 2.24) is 15.2 Å². The molecule has 0 fully saturated rings. The van der Waals surface area contributed by atoms with E-state index in [1.807, 2.05) is 29.8 Å². The second kappa shape index (κ2) is 6.00. The third-order valence-electron chi connectivity index (χ3n) is 2.95. The summed E-state index contributed by atoms with van der Waals surface area (Å²) in [5.74, 6) is 5.65. The highest BCUT2D eigenvalue weighted by molar-refractivity contribution is 6.31. The molecule has 5 heteroatoms. The number of hydrogen-bond acceptors (Lipinski definition) is 3. The van der Waals surface area contributed by atoms with Crippen LogP contribution in [0.2, 0.25) is 5.02 Å². The molecule has 0 saturated heterocycles. The van der Waals surface area contributed by atoms with Gasteiger partial charge in [0.2, 0.25) is 0 Å². The lowest BCUT2D eigenvalue weighted by Gasteiger charge is -2.18. The number of halogens is 1. The summed E-state index contributed by atoms with van der Waals surface area (Å²) in [7, 11) is 0. The fourth-order valence-corrected chi connectivity index (χ4v) is 2.33. The Morgan fingerprint density at radius 1 is 1.39 bits per heavy atom. The molecule has 0 saturated carbocycles. The second-order valence-corrected chi connectivity index (χ2v) is 4.51. The molecule has 0 bridgehead atoms. The molecule has 0 aliphatic carbocycles. The second-order valence-electron chi connectivity index (χ2n) is 4.10. The molecule has 0 spiro atoms. The van der Waals surface area contributed by atoms with E-state index < -0.39 is 0 Å². The van der Waals surface area contributed by atoms with Crippen LogP contribution in [-0.4, -0.2) is 9.78 Å². The molecule has 4 nitrogen and oxygen atoms in total. The Kier molecular flexibility index (Phi) is 4.36. The van der Waals surface area contributed by atoms with Crippen LogP contribution in [0.3, 0.4) is 0 Å². The fourth-order valence-electron chi connectivity index (χ4n) is 2.05. The summed E-state index contributed by atoms with van der Waals surface area (Å²) in [4.78, 5) is 0. The quantitative estimate of drug-likeness (QED) is 0.644. The Balaban J connectivity index is 2.25. The standard InChI is InChI=1S/C13H17ClN4/c1-2-18-13(11(14)9-16-18)12(17-15)8-10-6-4-3-5-7-10/h3-7,9,12,17H,2,8,15H2,1H3. The average Bonchev–Trinajstić information content (AvgIpc) is 2.78. The van der Waals surface area contributed by atoms with Crippen molar-refractivity contribution in [3.8, 4) is 0 Å². The van der Waals surface area contributed by atoms with Crippen molar-refractivity contribution in [3.05, 3.63) is 52.8 Å². The number of hydrogen-bond donors (Lipinski definition) is 2. The highest BCUT2D eigenvalue weighted by atomic mass is 35.5. The molecule has 3 N–H and O–H groups in total. The lowest BCUT2D eigenvalue weighted by molar-refractivity contribution is 0.491. The molecular weight excluding hydrogens is 248 g/mol. The van der Waals surface area contributed by atoms with E-state index in [1.54, 1.807) is 6.20 Å². The van der Waals surface area contributed by atoms with Crippen LogP contribution < -0.4 is 11.3 Å². The molecule has 2 aromatic rings. The first kappa shape index (κ1) is 13.1. The van der Waals surface area contributed by atoms with E-state index >= 15 is 0 Å². The minimum Gasteiger partial charge on any atom is -0.271 e. The monoisotopic (exact) mass is 264 g/mol. The molecule has 1 heterocycles. The molecule has 96 valence electrons. The van der Waals surface area contributed by atoms with Gasteiger partial charge in [0.1, 0.15) is 0 Å². The van der Waals surface area contributed by atoms with Gasteiger partial charge in [-0.25, -0.2) is 0 Å². The maximum Gasteiger partial charge on any atom is 0.0834 e. The van der Waals surface area contributed by atoms with Crippen LogP contribution in [0.1, 0.15) is 24.2 Å². The predicted molar refractivity (Wildman–Crippen MR) is 73.1 cm³/mol. The molecule has 1 unspecified atom stereocenters. The minimum absolute atomic E-state index is 0.0395. The molecule has 18 heavy (non-hydrogen) atoms. The molecule has 0 aliphatic heterocycles. The number of nitrogens with one attached hydrogen (secondary N) is 1. The maximum atomic E-state index is 6.18. The van der Waals surface area contributed by atoms with E-state index in [0.29, 0.717) is 5.02 Å². The van der Waals surface area contributed by atoms with E-state index in [0.717, 1.165) is 18.7 Å². The largest absolute Gasteiger partial charge is 0.271 e. The van der Waals surface area contributed by atoms with Gasteiger partial charge in [-0.1, -0.05) is 41.9 Å². The Morgan fingerprint density at radius 3 is 2.72 bits per heavy atom. The van der Waals surface area contributed by atoms with E-state index in [1.165, 1.54) is 5.56 Å². The van der Waals surface area contributed by atoms with Crippen molar-refractivity contribution in [1.29, 1.82) is 0 Å². The fraction of sp³-hybridized carbons (Fsp3) is 0.308. The maximum absolute atomic E-state index is 6.18. The third kappa shape index (κ3) is 2.72. The van der Waals surface area contributed by atoms with Gasteiger partial charge < -0.3 is 0 Å². The van der Waals surface area contributed by atoms with E-state index in [-0.39, 0.29) is 6.04 Å². The highest BCUT2D eigenvalue weighted by Crippen LogP contribution is 2.25. The van der Waals surface area contributed by atoms with E-state index in [2.05, 4.69) is 22.7 Å². The third-order valence-corrected chi connectivity index (χ3v) is 3.24. The van der Waals surface area contributed by atoms with Crippen molar-refractivity contribution in [3.63, 3.8) is 0 Å². The number of nitrogens with two attached hydrogens (primary N) is 1. The van der Waals surface area contributed by atoms with Gasteiger partial charge >= 0.3 is 0 Å². The van der Waals surface area contributed by atoms with Gasteiger partial charge in [-0.15, -0.1) is 0 Å². The van der Waals surface area contributed by atoms with Crippen molar-refractivity contribution >= 4 is 11.6 Å². The number of nitrogens with zero attached hydrogens (tertiary/aromatic N) is 2. The summed E-state index contributed by atoms with van der Waals surface area (Å²) in [6.45, 7) is 2.80. The van der Waals surface area contributed by atoms with Crippen LogP contribution in [-0.2, 0) is 13.0 Å². The van der Waals surface area contributed by atoms with Gasteiger partial charge in [-0.3, -0.25) is 16.0 Å². The first-order valence-electron chi connectivity index (χ1n) is 5.97. The summed E-state index contributed by atoms with van der Waals surface area (Å²) in [5.41, 5.74) is 4.97. The first-order valence-corrected chi connectivity index (χ1v) is 6.35. The van der Waals surface area contributed by atoms with Crippen LogP contribution >= 0.6 is 11.6 Å². The average molecular weight is 265 g/mol. The summed E-state index contributed by atoms with van der Waals surface area (Å²) >= 11 is 6.18. The van der Waals surface area contributed by atoms with Crippen molar-refractivity contribution < 1.29 is 0 Å². The Labute approximate surface area is 112 Å². The Morgan fingerprint density at radius 2 is 2.11 bits per heavy atom. The first-order chi connectivity index (χ1) is 8.76. The number of benzene rings is 1. The van der Waals surface area contributed by atoms with Crippen LogP contribution in [0, 0.1) is 0 Å². The smallest absolute Gasteiger partial charge is 0.0834 e. The van der Waals surface area contributed by atoms with Crippen molar-refractivity contribution in [2.24, 2.45) is 5.84 Å². The number of aryl methyl sites for hydroxylation is 1. The van der Waals surface area contributed by atoms with Gasteiger partial charge in [0.15, 0.2) is 0 Å². The molecule has 2 rings (SSSR count). The van der Waals surface area contributed by atoms with Gasteiger partial charge in [-0.2, -0.15) is 5.10 Å². The van der Waals surface area contributed by atoms with Gasteiger partial charge in [-0.05, 0) is 18.9 Å². The number of hydrazine groups is 1. The van der Waals surface area contributed by atoms with E-state index in [9.17, 15) is 0 Å².